The average molecular weight is 296 g/mol. The van der Waals surface area contributed by atoms with Gasteiger partial charge in [0, 0.05) is 39.5 Å². The standard InChI is InChI=1S/C16H25FN2O2/c1-12-15(6-8-21-12)19(2)16-5-4-14(17)10-13(16)11-18-7-9-20-3/h4-5,10,12,15,18H,6-9,11H2,1-3H3. The van der Waals surface area contributed by atoms with Crippen molar-refractivity contribution in [3.05, 3.63) is 29.6 Å². The summed E-state index contributed by atoms with van der Waals surface area (Å²) in [5.41, 5.74) is 2.02. The Balaban J connectivity index is 2.10. The fourth-order valence-electron chi connectivity index (χ4n) is 2.84. The fourth-order valence-corrected chi connectivity index (χ4v) is 2.84. The highest BCUT2D eigenvalue weighted by atomic mass is 19.1. The van der Waals surface area contributed by atoms with Crippen LogP contribution in [0.15, 0.2) is 18.2 Å². The molecule has 0 saturated carbocycles. The van der Waals surface area contributed by atoms with E-state index in [1.54, 1.807) is 13.2 Å². The van der Waals surface area contributed by atoms with E-state index in [1.807, 2.05) is 6.07 Å². The van der Waals surface area contributed by atoms with Gasteiger partial charge < -0.3 is 19.7 Å². The van der Waals surface area contributed by atoms with Crippen molar-refractivity contribution in [1.29, 1.82) is 0 Å². The predicted molar refractivity (Wildman–Crippen MR) is 82.2 cm³/mol. The summed E-state index contributed by atoms with van der Waals surface area (Å²) in [7, 11) is 3.73. The minimum atomic E-state index is -0.202. The van der Waals surface area contributed by atoms with Crippen molar-refractivity contribution in [3.63, 3.8) is 0 Å². The molecule has 4 nitrogen and oxygen atoms in total. The summed E-state index contributed by atoms with van der Waals surface area (Å²) < 4.78 is 24.2. The molecule has 1 heterocycles. The Labute approximate surface area is 126 Å². The molecule has 0 aromatic heterocycles. The normalized spacial score (nSPS) is 21.7. The molecule has 1 N–H and O–H groups in total. The maximum absolute atomic E-state index is 13.5. The Morgan fingerprint density at radius 1 is 1.48 bits per heavy atom. The number of benzene rings is 1. The smallest absolute Gasteiger partial charge is 0.123 e. The van der Waals surface area contributed by atoms with E-state index in [2.05, 4.69) is 24.2 Å². The average Bonchev–Trinajstić information content (AvgIpc) is 2.89. The van der Waals surface area contributed by atoms with Crippen molar-refractivity contribution in [2.75, 3.05) is 38.8 Å². The largest absolute Gasteiger partial charge is 0.383 e. The van der Waals surface area contributed by atoms with Gasteiger partial charge in [-0.05, 0) is 37.1 Å². The molecule has 1 aromatic carbocycles. The van der Waals surface area contributed by atoms with Crippen molar-refractivity contribution < 1.29 is 13.9 Å². The molecule has 21 heavy (non-hydrogen) atoms. The van der Waals surface area contributed by atoms with Crippen molar-refractivity contribution in [3.8, 4) is 0 Å². The van der Waals surface area contributed by atoms with Crippen LogP contribution in [0.1, 0.15) is 18.9 Å². The van der Waals surface area contributed by atoms with Gasteiger partial charge in [-0.3, -0.25) is 0 Å². The first-order valence-corrected chi connectivity index (χ1v) is 7.46. The molecule has 1 saturated heterocycles. The lowest BCUT2D eigenvalue weighted by Crippen LogP contribution is -2.37. The number of hydrogen-bond donors (Lipinski definition) is 1. The van der Waals surface area contributed by atoms with Crippen molar-refractivity contribution in [2.24, 2.45) is 0 Å². The van der Waals surface area contributed by atoms with Crippen LogP contribution in [-0.2, 0) is 16.0 Å². The predicted octanol–water partition coefficient (Wildman–Crippen LogP) is 2.18. The minimum absolute atomic E-state index is 0.202. The molecule has 1 fully saturated rings. The van der Waals surface area contributed by atoms with E-state index in [0.29, 0.717) is 19.2 Å². The Morgan fingerprint density at radius 3 is 2.95 bits per heavy atom. The molecule has 0 bridgehead atoms. The van der Waals surface area contributed by atoms with Gasteiger partial charge in [-0.25, -0.2) is 4.39 Å². The summed E-state index contributed by atoms with van der Waals surface area (Å²) in [6.07, 6.45) is 1.21. The Morgan fingerprint density at radius 2 is 2.29 bits per heavy atom. The molecule has 118 valence electrons. The molecule has 0 radical (unpaired) electrons. The molecule has 2 unspecified atom stereocenters. The van der Waals surface area contributed by atoms with Gasteiger partial charge in [-0.1, -0.05) is 0 Å². The van der Waals surface area contributed by atoms with Gasteiger partial charge in [0.05, 0.1) is 18.8 Å². The van der Waals surface area contributed by atoms with E-state index in [4.69, 9.17) is 9.47 Å². The first-order chi connectivity index (χ1) is 10.1. The molecule has 2 rings (SSSR count). The molecular weight excluding hydrogens is 271 g/mol. The Bertz CT molecular complexity index is 456. The Hall–Kier alpha value is -1.17. The van der Waals surface area contributed by atoms with Crippen LogP contribution in [0.4, 0.5) is 10.1 Å². The van der Waals surface area contributed by atoms with Crippen LogP contribution in [0, 0.1) is 5.82 Å². The van der Waals surface area contributed by atoms with Gasteiger partial charge in [-0.2, -0.15) is 0 Å². The van der Waals surface area contributed by atoms with Gasteiger partial charge in [0.15, 0.2) is 0 Å². The van der Waals surface area contributed by atoms with Crippen LogP contribution in [0.5, 0.6) is 0 Å². The van der Waals surface area contributed by atoms with Gasteiger partial charge in [-0.15, -0.1) is 0 Å². The zero-order chi connectivity index (χ0) is 15.2. The molecule has 0 aliphatic carbocycles. The third-order valence-corrected chi connectivity index (χ3v) is 4.05. The van der Waals surface area contributed by atoms with E-state index < -0.39 is 0 Å². The number of halogens is 1. The zero-order valence-corrected chi connectivity index (χ0v) is 13.1. The SMILES string of the molecule is COCCNCc1cc(F)ccc1N(C)C1CCOC1C. The van der Waals surface area contributed by atoms with Gasteiger partial charge in [0.25, 0.3) is 0 Å². The number of nitrogens with one attached hydrogen (secondary N) is 1. The minimum Gasteiger partial charge on any atom is -0.383 e. The molecule has 0 amide bonds. The maximum Gasteiger partial charge on any atom is 0.123 e. The molecule has 1 aliphatic heterocycles. The number of methoxy groups -OCH3 is 1. The molecular formula is C16H25FN2O2. The monoisotopic (exact) mass is 296 g/mol. The number of nitrogens with zero attached hydrogens (tertiary/aromatic N) is 1. The third kappa shape index (κ3) is 4.15. The van der Waals surface area contributed by atoms with Crippen molar-refractivity contribution in [1.82, 2.24) is 5.32 Å². The van der Waals surface area contributed by atoms with Crippen LogP contribution >= 0.6 is 0 Å². The van der Waals surface area contributed by atoms with Crippen LogP contribution < -0.4 is 10.2 Å². The van der Waals surface area contributed by atoms with Crippen LogP contribution in [0.3, 0.4) is 0 Å². The van der Waals surface area contributed by atoms with E-state index in [0.717, 1.165) is 30.8 Å². The number of anilines is 1. The quantitative estimate of drug-likeness (QED) is 0.782. The highest BCUT2D eigenvalue weighted by molar-refractivity contribution is 5.54. The molecule has 2 atom stereocenters. The summed E-state index contributed by atoms with van der Waals surface area (Å²) in [6.45, 7) is 4.91. The van der Waals surface area contributed by atoms with Crippen molar-refractivity contribution in [2.45, 2.75) is 32.0 Å². The first-order valence-electron chi connectivity index (χ1n) is 7.46. The Kier molecular flexibility index (Phi) is 5.96. The summed E-state index contributed by atoms with van der Waals surface area (Å²) in [5.74, 6) is -0.202. The second-order valence-corrected chi connectivity index (χ2v) is 5.49. The molecule has 0 spiro atoms. The lowest BCUT2D eigenvalue weighted by Gasteiger charge is -2.30. The summed E-state index contributed by atoms with van der Waals surface area (Å²) in [5, 5.41) is 3.28. The van der Waals surface area contributed by atoms with Gasteiger partial charge in [0.1, 0.15) is 5.82 Å². The number of likely N-dealkylation sites (N-methyl/N-ethyl adjacent to an activating group) is 1. The van der Waals surface area contributed by atoms with Gasteiger partial charge in [0.2, 0.25) is 0 Å². The summed E-state index contributed by atoms with van der Waals surface area (Å²) >= 11 is 0. The topological polar surface area (TPSA) is 33.7 Å². The van der Waals surface area contributed by atoms with Crippen LogP contribution in [0.25, 0.3) is 0 Å². The second kappa shape index (κ2) is 7.73. The van der Waals surface area contributed by atoms with Crippen LogP contribution in [0.2, 0.25) is 0 Å². The fraction of sp³-hybridized carbons (Fsp3) is 0.625. The molecule has 1 aliphatic rings. The maximum atomic E-state index is 13.5. The zero-order valence-electron chi connectivity index (χ0n) is 13.1. The number of rotatable bonds is 7. The highest BCUT2D eigenvalue weighted by Crippen LogP contribution is 2.27. The number of ether oxygens (including phenoxy) is 2. The highest BCUT2D eigenvalue weighted by Gasteiger charge is 2.29. The van der Waals surface area contributed by atoms with Crippen LogP contribution in [-0.4, -0.2) is 46.1 Å². The summed E-state index contributed by atoms with van der Waals surface area (Å²) in [4.78, 5) is 2.21. The lowest BCUT2D eigenvalue weighted by atomic mass is 10.1. The van der Waals surface area contributed by atoms with E-state index >= 15 is 0 Å². The number of hydrogen-bond acceptors (Lipinski definition) is 4. The second-order valence-electron chi connectivity index (χ2n) is 5.49. The first kappa shape index (κ1) is 16.2. The van der Waals surface area contributed by atoms with E-state index in [1.165, 1.54) is 6.07 Å². The van der Waals surface area contributed by atoms with Gasteiger partial charge >= 0.3 is 0 Å². The lowest BCUT2D eigenvalue weighted by molar-refractivity contribution is 0.118. The summed E-state index contributed by atoms with van der Waals surface area (Å²) in [6, 6.07) is 5.32. The molecule has 5 heteroatoms. The molecule has 1 aromatic rings. The van der Waals surface area contributed by atoms with E-state index in [-0.39, 0.29) is 11.9 Å². The van der Waals surface area contributed by atoms with Crippen molar-refractivity contribution >= 4 is 5.69 Å². The van der Waals surface area contributed by atoms with E-state index in [9.17, 15) is 4.39 Å². The third-order valence-electron chi connectivity index (χ3n) is 4.05.